The molecule has 21 heavy (non-hydrogen) atoms. The number of hydrogen-bond donors (Lipinski definition) is 0. The van der Waals surface area contributed by atoms with Crippen LogP contribution in [0.4, 0.5) is 0 Å². The molecule has 1 aliphatic rings. The van der Waals surface area contributed by atoms with Gasteiger partial charge in [0.05, 0.1) is 18.2 Å². The Morgan fingerprint density at radius 2 is 2.05 bits per heavy atom. The fourth-order valence-corrected chi connectivity index (χ4v) is 2.64. The molecular formula is C18H25NO2. The number of benzene rings is 1. The van der Waals surface area contributed by atoms with E-state index in [1.54, 1.807) is 6.08 Å². The summed E-state index contributed by atoms with van der Waals surface area (Å²) in [4.78, 5) is 14.6. The largest absolute Gasteiger partial charge is 0.374 e. The van der Waals surface area contributed by atoms with Crippen LogP contribution in [0.2, 0.25) is 0 Å². The topological polar surface area (TPSA) is 29.5 Å². The van der Waals surface area contributed by atoms with Gasteiger partial charge in [-0.1, -0.05) is 37.3 Å². The van der Waals surface area contributed by atoms with Gasteiger partial charge in [0.15, 0.2) is 0 Å². The van der Waals surface area contributed by atoms with Crippen molar-refractivity contribution in [2.75, 3.05) is 13.2 Å². The molecule has 3 heteroatoms. The molecule has 0 aliphatic carbocycles. The van der Waals surface area contributed by atoms with Gasteiger partial charge in [0.1, 0.15) is 0 Å². The smallest absolute Gasteiger partial charge is 0.247 e. The van der Waals surface area contributed by atoms with Gasteiger partial charge in [-0.05, 0) is 38.3 Å². The average molecular weight is 287 g/mol. The molecule has 1 saturated heterocycles. The van der Waals surface area contributed by atoms with Crippen LogP contribution in [0.1, 0.15) is 39.7 Å². The number of ether oxygens (including phenoxy) is 1. The van der Waals surface area contributed by atoms with Crippen molar-refractivity contribution < 1.29 is 9.53 Å². The van der Waals surface area contributed by atoms with E-state index in [2.05, 4.69) is 32.9 Å². The van der Waals surface area contributed by atoms with Gasteiger partial charge in [-0.15, -0.1) is 0 Å². The second-order valence-electron chi connectivity index (χ2n) is 6.27. The maximum atomic E-state index is 12.7. The molecule has 1 aromatic carbocycles. The Balaban J connectivity index is 2.23. The fraction of sp³-hybridized carbons (Fsp3) is 0.500. The minimum Gasteiger partial charge on any atom is -0.374 e. The lowest BCUT2D eigenvalue weighted by molar-refractivity contribution is -0.147. The fourth-order valence-electron chi connectivity index (χ4n) is 2.64. The zero-order chi connectivity index (χ0) is 15.5. The molecule has 1 amide bonds. The average Bonchev–Trinajstić information content (AvgIpc) is 2.48. The molecule has 1 aromatic rings. The maximum Gasteiger partial charge on any atom is 0.247 e. The highest BCUT2D eigenvalue weighted by atomic mass is 16.5. The van der Waals surface area contributed by atoms with Crippen LogP contribution >= 0.6 is 0 Å². The van der Waals surface area contributed by atoms with Crippen LogP contribution in [0.3, 0.4) is 0 Å². The minimum absolute atomic E-state index is 0.0795. The number of morpholine rings is 1. The van der Waals surface area contributed by atoms with Gasteiger partial charge >= 0.3 is 0 Å². The highest BCUT2D eigenvalue weighted by Crippen LogP contribution is 2.24. The van der Waals surface area contributed by atoms with Gasteiger partial charge in [-0.2, -0.15) is 0 Å². The summed E-state index contributed by atoms with van der Waals surface area (Å²) >= 11 is 0. The Labute approximate surface area is 127 Å². The number of rotatable bonds is 3. The van der Waals surface area contributed by atoms with Gasteiger partial charge in [-0.25, -0.2) is 0 Å². The van der Waals surface area contributed by atoms with Crippen molar-refractivity contribution in [3.05, 3.63) is 42.0 Å². The Hall–Kier alpha value is -1.61. The first-order valence-corrected chi connectivity index (χ1v) is 7.63. The van der Waals surface area contributed by atoms with Crippen molar-refractivity contribution in [3.63, 3.8) is 0 Å². The van der Waals surface area contributed by atoms with E-state index in [9.17, 15) is 4.79 Å². The molecule has 2 rings (SSSR count). The second kappa shape index (κ2) is 6.44. The summed E-state index contributed by atoms with van der Waals surface area (Å²) in [6, 6.07) is 10.1. The number of carbonyl (C=O) groups excluding carboxylic acids is 1. The summed E-state index contributed by atoms with van der Waals surface area (Å²) in [5.41, 5.74) is 1.94. The molecule has 1 atom stereocenters. The number of nitrogens with zero attached hydrogens (tertiary/aromatic N) is 1. The van der Waals surface area contributed by atoms with Crippen molar-refractivity contribution in [2.45, 2.75) is 45.8 Å². The van der Waals surface area contributed by atoms with E-state index < -0.39 is 0 Å². The van der Waals surface area contributed by atoms with Gasteiger partial charge in [0.2, 0.25) is 5.91 Å². The molecule has 1 fully saturated rings. The summed E-state index contributed by atoms with van der Waals surface area (Å²) < 4.78 is 5.67. The van der Waals surface area contributed by atoms with Crippen LogP contribution in [-0.2, 0) is 9.53 Å². The predicted molar refractivity (Wildman–Crippen MR) is 85.9 cm³/mol. The Morgan fingerprint density at radius 1 is 1.38 bits per heavy atom. The lowest BCUT2D eigenvalue weighted by atomic mass is 9.99. The van der Waals surface area contributed by atoms with E-state index in [4.69, 9.17) is 4.74 Å². The van der Waals surface area contributed by atoms with E-state index in [1.165, 1.54) is 0 Å². The van der Waals surface area contributed by atoms with Gasteiger partial charge in [0.25, 0.3) is 0 Å². The van der Waals surface area contributed by atoms with Crippen LogP contribution in [0.5, 0.6) is 0 Å². The SMILES string of the molecule is CC/C(=C\C(=O)N1CC(C)OCC1(C)C)c1ccccc1. The molecular weight excluding hydrogens is 262 g/mol. The van der Waals surface area contributed by atoms with Crippen LogP contribution in [-0.4, -0.2) is 35.6 Å². The third-order valence-corrected chi connectivity index (χ3v) is 3.98. The highest BCUT2D eigenvalue weighted by Gasteiger charge is 2.35. The zero-order valence-corrected chi connectivity index (χ0v) is 13.4. The molecule has 0 spiro atoms. The molecule has 1 unspecified atom stereocenters. The molecule has 1 heterocycles. The first-order valence-electron chi connectivity index (χ1n) is 7.63. The number of hydrogen-bond acceptors (Lipinski definition) is 2. The first kappa shape index (κ1) is 15.8. The van der Waals surface area contributed by atoms with E-state index in [1.807, 2.05) is 30.0 Å². The number of carbonyl (C=O) groups is 1. The van der Waals surface area contributed by atoms with E-state index in [-0.39, 0.29) is 17.6 Å². The van der Waals surface area contributed by atoms with E-state index in [0.717, 1.165) is 17.6 Å². The van der Waals surface area contributed by atoms with Crippen LogP contribution < -0.4 is 0 Å². The van der Waals surface area contributed by atoms with Crippen LogP contribution in [0.25, 0.3) is 5.57 Å². The van der Waals surface area contributed by atoms with Crippen molar-refractivity contribution in [1.29, 1.82) is 0 Å². The van der Waals surface area contributed by atoms with Crippen molar-refractivity contribution >= 4 is 11.5 Å². The lowest BCUT2D eigenvalue weighted by Crippen LogP contribution is -2.57. The Bertz CT molecular complexity index is 519. The van der Waals surface area contributed by atoms with Gasteiger partial charge in [-0.3, -0.25) is 4.79 Å². The second-order valence-corrected chi connectivity index (χ2v) is 6.27. The monoisotopic (exact) mass is 287 g/mol. The molecule has 3 nitrogen and oxygen atoms in total. The maximum absolute atomic E-state index is 12.7. The number of allylic oxidation sites excluding steroid dienone is 1. The molecule has 0 bridgehead atoms. The first-order chi connectivity index (χ1) is 9.94. The summed E-state index contributed by atoms with van der Waals surface area (Å²) in [7, 11) is 0. The Morgan fingerprint density at radius 3 is 2.67 bits per heavy atom. The zero-order valence-electron chi connectivity index (χ0n) is 13.4. The van der Waals surface area contributed by atoms with Crippen molar-refractivity contribution in [2.24, 2.45) is 0 Å². The highest BCUT2D eigenvalue weighted by molar-refractivity contribution is 5.95. The normalized spacial score (nSPS) is 22.2. The third kappa shape index (κ3) is 3.73. The molecule has 0 radical (unpaired) electrons. The van der Waals surface area contributed by atoms with Gasteiger partial charge in [0, 0.05) is 12.6 Å². The number of amides is 1. The summed E-state index contributed by atoms with van der Waals surface area (Å²) in [5.74, 6) is 0.0795. The van der Waals surface area contributed by atoms with E-state index in [0.29, 0.717) is 13.2 Å². The quantitative estimate of drug-likeness (QED) is 0.796. The standard InChI is InChI=1S/C18H25NO2/c1-5-15(16-9-7-6-8-10-16)11-17(20)19-12-14(2)21-13-18(19,3)4/h6-11,14H,5,12-13H2,1-4H3/b15-11+. The summed E-state index contributed by atoms with van der Waals surface area (Å²) in [5, 5.41) is 0. The van der Waals surface area contributed by atoms with Gasteiger partial charge < -0.3 is 9.64 Å². The minimum atomic E-state index is -0.254. The molecule has 0 saturated carbocycles. The molecule has 0 N–H and O–H groups in total. The van der Waals surface area contributed by atoms with Crippen LogP contribution in [0.15, 0.2) is 36.4 Å². The Kier molecular flexibility index (Phi) is 4.84. The van der Waals surface area contributed by atoms with Crippen molar-refractivity contribution in [1.82, 2.24) is 4.90 Å². The van der Waals surface area contributed by atoms with Crippen molar-refractivity contribution in [3.8, 4) is 0 Å². The molecule has 114 valence electrons. The lowest BCUT2D eigenvalue weighted by Gasteiger charge is -2.44. The third-order valence-electron chi connectivity index (χ3n) is 3.98. The summed E-state index contributed by atoms with van der Waals surface area (Å²) in [6.45, 7) is 9.43. The predicted octanol–water partition coefficient (Wildman–Crippen LogP) is 3.51. The molecule has 0 aromatic heterocycles. The molecule has 1 aliphatic heterocycles. The summed E-state index contributed by atoms with van der Waals surface area (Å²) in [6.07, 6.45) is 2.72. The van der Waals surface area contributed by atoms with E-state index >= 15 is 0 Å². The van der Waals surface area contributed by atoms with Crippen LogP contribution in [0, 0.1) is 0 Å².